The van der Waals surface area contributed by atoms with Crippen molar-refractivity contribution in [1.82, 2.24) is 5.32 Å². The summed E-state index contributed by atoms with van der Waals surface area (Å²) in [6.07, 6.45) is 2.72. The maximum Gasteiger partial charge on any atom is 0.254 e. The molecule has 1 aliphatic carbocycles. The van der Waals surface area contributed by atoms with Crippen molar-refractivity contribution in [2.45, 2.75) is 30.2 Å². The summed E-state index contributed by atoms with van der Waals surface area (Å²) in [7, 11) is -4.22. The zero-order valence-electron chi connectivity index (χ0n) is 9.82. The number of carbonyl (C=O) groups excluding carboxylic acids is 1. The highest BCUT2D eigenvalue weighted by atomic mass is 79.9. The van der Waals surface area contributed by atoms with Crippen molar-refractivity contribution in [2.75, 3.05) is 0 Å². The van der Waals surface area contributed by atoms with Gasteiger partial charge in [-0.05, 0) is 31.4 Å². The summed E-state index contributed by atoms with van der Waals surface area (Å²) in [6.45, 7) is 0. The molecule has 5 nitrogen and oxygen atoms in total. The Kier molecular flexibility index (Phi) is 3.93. The smallest absolute Gasteiger partial charge is 0.254 e. The Balaban J connectivity index is 2.39. The van der Waals surface area contributed by atoms with Gasteiger partial charge in [0.2, 0.25) is 10.0 Å². The molecule has 1 saturated carbocycles. The van der Waals surface area contributed by atoms with Gasteiger partial charge in [-0.3, -0.25) is 4.79 Å². The summed E-state index contributed by atoms with van der Waals surface area (Å²) in [5.41, 5.74) is -0.328. The summed E-state index contributed by atoms with van der Waals surface area (Å²) in [6, 6.07) is 2.30. The van der Waals surface area contributed by atoms with Crippen LogP contribution in [0.5, 0.6) is 0 Å². The second-order valence-electron chi connectivity index (χ2n) is 4.41. The first-order valence-corrected chi connectivity index (χ1v) is 7.95. The monoisotopic (exact) mass is 350 g/mol. The molecule has 0 saturated heterocycles. The topological polar surface area (TPSA) is 89.3 Å². The summed E-state index contributed by atoms with van der Waals surface area (Å²) < 4.78 is 36.8. The second-order valence-corrected chi connectivity index (χ2v) is 6.86. The molecule has 19 heavy (non-hydrogen) atoms. The molecule has 1 aromatic carbocycles. The van der Waals surface area contributed by atoms with Crippen LogP contribution in [-0.2, 0) is 10.0 Å². The molecule has 0 atom stereocenters. The fraction of sp³-hybridized carbons (Fsp3) is 0.364. The van der Waals surface area contributed by atoms with Gasteiger partial charge in [0.25, 0.3) is 5.91 Å². The number of primary sulfonamides is 1. The van der Waals surface area contributed by atoms with Gasteiger partial charge in [-0.25, -0.2) is 17.9 Å². The van der Waals surface area contributed by atoms with Crippen LogP contribution < -0.4 is 10.5 Å². The molecule has 8 heteroatoms. The number of sulfonamides is 1. The molecule has 104 valence electrons. The third kappa shape index (κ3) is 3.13. The third-order valence-corrected chi connectivity index (χ3v) is 4.36. The molecule has 2 rings (SSSR count). The quantitative estimate of drug-likeness (QED) is 0.865. The van der Waals surface area contributed by atoms with Gasteiger partial charge in [0.05, 0.1) is 5.56 Å². The van der Waals surface area contributed by atoms with Crippen LogP contribution in [0, 0.1) is 5.82 Å². The molecule has 0 heterocycles. The predicted molar refractivity (Wildman–Crippen MR) is 70.6 cm³/mol. The fourth-order valence-electron chi connectivity index (χ4n) is 1.75. The lowest BCUT2D eigenvalue weighted by Gasteiger charge is -2.26. The standard InChI is InChI=1S/C11H12BrFN2O3S/c12-6-4-8(11(16)15-7-2-1-3-7)10(13)9(5-6)19(14,17)18/h4-5,7H,1-3H2,(H,15,16)(H2,14,17,18). The van der Waals surface area contributed by atoms with Gasteiger partial charge in [-0.1, -0.05) is 15.9 Å². The minimum absolute atomic E-state index is 0.0313. The maximum atomic E-state index is 14.0. The summed E-state index contributed by atoms with van der Waals surface area (Å²) in [5.74, 6) is -1.75. The molecule has 0 aromatic heterocycles. The Hall–Kier alpha value is -0.990. The lowest BCUT2D eigenvalue weighted by molar-refractivity contribution is 0.0912. The van der Waals surface area contributed by atoms with E-state index in [1.54, 1.807) is 0 Å². The average Bonchev–Trinajstić information content (AvgIpc) is 2.24. The van der Waals surface area contributed by atoms with E-state index in [4.69, 9.17) is 5.14 Å². The van der Waals surface area contributed by atoms with E-state index in [1.165, 1.54) is 6.07 Å². The zero-order chi connectivity index (χ0) is 14.2. The normalized spacial score (nSPS) is 15.9. The molecular weight excluding hydrogens is 339 g/mol. The van der Waals surface area contributed by atoms with Gasteiger partial charge in [-0.15, -0.1) is 0 Å². The first kappa shape index (κ1) is 14.4. The lowest BCUT2D eigenvalue weighted by atomic mass is 9.93. The van der Waals surface area contributed by atoms with Crippen LogP contribution in [0.3, 0.4) is 0 Å². The SMILES string of the molecule is NS(=O)(=O)c1cc(Br)cc(C(=O)NC2CCC2)c1F. The van der Waals surface area contributed by atoms with E-state index in [0.717, 1.165) is 25.3 Å². The average molecular weight is 351 g/mol. The van der Waals surface area contributed by atoms with Crippen molar-refractivity contribution in [3.63, 3.8) is 0 Å². The Labute approximate surface area is 118 Å². The maximum absolute atomic E-state index is 14.0. The molecule has 1 aliphatic rings. The molecule has 0 spiro atoms. The second kappa shape index (κ2) is 5.18. The van der Waals surface area contributed by atoms with Gasteiger partial charge >= 0.3 is 0 Å². The Morgan fingerprint density at radius 3 is 2.53 bits per heavy atom. The number of hydrogen-bond acceptors (Lipinski definition) is 3. The third-order valence-electron chi connectivity index (χ3n) is 3.00. The molecule has 3 N–H and O–H groups in total. The lowest BCUT2D eigenvalue weighted by Crippen LogP contribution is -2.40. The number of nitrogens with one attached hydrogen (secondary N) is 1. The Morgan fingerprint density at radius 2 is 2.05 bits per heavy atom. The van der Waals surface area contributed by atoms with Crippen LogP contribution in [0.15, 0.2) is 21.5 Å². The number of amides is 1. The van der Waals surface area contributed by atoms with Crippen LogP contribution >= 0.6 is 15.9 Å². The Morgan fingerprint density at radius 1 is 1.42 bits per heavy atom. The highest BCUT2D eigenvalue weighted by Gasteiger charge is 2.25. The van der Waals surface area contributed by atoms with E-state index >= 15 is 0 Å². The molecular formula is C11H12BrFN2O3S. The number of halogens is 2. The van der Waals surface area contributed by atoms with Crippen LogP contribution in [0.4, 0.5) is 4.39 Å². The van der Waals surface area contributed by atoms with E-state index < -0.39 is 26.6 Å². The van der Waals surface area contributed by atoms with Crippen molar-refractivity contribution in [3.8, 4) is 0 Å². The fourth-order valence-corrected chi connectivity index (χ4v) is 3.01. The predicted octanol–water partition coefficient (Wildman–Crippen LogP) is 1.52. The van der Waals surface area contributed by atoms with E-state index in [2.05, 4.69) is 21.2 Å². The molecule has 1 aromatic rings. The van der Waals surface area contributed by atoms with Crippen molar-refractivity contribution in [1.29, 1.82) is 0 Å². The number of hydrogen-bond donors (Lipinski definition) is 2. The van der Waals surface area contributed by atoms with Gasteiger partial charge in [0.1, 0.15) is 4.90 Å². The van der Waals surface area contributed by atoms with Crippen molar-refractivity contribution in [3.05, 3.63) is 28.0 Å². The molecule has 1 fully saturated rings. The molecule has 0 radical (unpaired) electrons. The van der Waals surface area contributed by atoms with Gasteiger partial charge in [0.15, 0.2) is 5.82 Å². The number of carbonyl (C=O) groups is 1. The molecule has 1 amide bonds. The summed E-state index contributed by atoms with van der Waals surface area (Å²) in [4.78, 5) is 11.2. The zero-order valence-corrected chi connectivity index (χ0v) is 12.2. The Bertz CT molecular complexity index is 629. The number of benzene rings is 1. The van der Waals surface area contributed by atoms with E-state index in [1.807, 2.05) is 0 Å². The van der Waals surface area contributed by atoms with Crippen molar-refractivity contribution in [2.24, 2.45) is 5.14 Å². The molecule has 0 aliphatic heterocycles. The van der Waals surface area contributed by atoms with E-state index in [9.17, 15) is 17.6 Å². The minimum atomic E-state index is -4.22. The van der Waals surface area contributed by atoms with Crippen molar-refractivity contribution >= 4 is 31.9 Å². The van der Waals surface area contributed by atoms with Crippen molar-refractivity contribution < 1.29 is 17.6 Å². The van der Waals surface area contributed by atoms with Crippen LogP contribution in [0.2, 0.25) is 0 Å². The van der Waals surface area contributed by atoms with E-state index in [-0.39, 0.29) is 16.1 Å². The van der Waals surface area contributed by atoms with Gasteiger partial charge in [0, 0.05) is 10.5 Å². The largest absolute Gasteiger partial charge is 0.349 e. The highest BCUT2D eigenvalue weighted by Crippen LogP contribution is 2.24. The first-order chi connectivity index (χ1) is 8.79. The van der Waals surface area contributed by atoms with Crippen LogP contribution in [0.25, 0.3) is 0 Å². The highest BCUT2D eigenvalue weighted by molar-refractivity contribution is 9.10. The molecule has 0 bridgehead atoms. The van der Waals surface area contributed by atoms with E-state index in [0.29, 0.717) is 0 Å². The van der Waals surface area contributed by atoms with Crippen LogP contribution in [-0.4, -0.2) is 20.4 Å². The van der Waals surface area contributed by atoms with Gasteiger partial charge < -0.3 is 5.32 Å². The summed E-state index contributed by atoms with van der Waals surface area (Å²) in [5, 5.41) is 7.56. The first-order valence-electron chi connectivity index (χ1n) is 5.62. The van der Waals surface area contributed by atoms with Crippen LogP contribution in [0.1, 0.15) is 29.6 Å². The van der Waals surface area contributed by atoms with Gasteiger partial charge in [-0.2, -0.15) is 0 Å². The number of rotatable bonds is 3. The summed E-state index contributed by atoms with van der Waals surface area (Å²) >= 11 is 3.04. The number of nitrogens with two attached hydrogens (primary N) is 1. The molecule has 0 unspecified atom stereocenters. The minimum Gasteiger partial charge on any atom is -0.349 e.